The fourth-order valence-corrected chi connectivity index (χ4v) is 4.31. The van der Waals surface area contributed by atoms with E-state index in [9.17, 15) is 9.59 Å². The number of nitrogens with one attached hydrogen (secondary N) is 2. The Morgan fingerprint density at radius 3 is 2.51 bits per heavy atom. The fraction of sp³-hybridized carbons (Fsp3) is 0.692. The standard InChI is InChI=1S/C26H44N4O5/c1-19(2)30(22-10-9-21(28-18-22)17-25(31)27-12-13-29(3)4)26(32)20-8-11-23(34-6)24(16-20)35-15-7-14-33-5/h8,11,16,19,21-22,28H,7,9-10,12-15,17-18H2,1-6H3,(H,27,31)/t21-,22?/m0/s1. The first-order valence-corrected chi connectivity index (χ1v) is 12.5. The second-order valence-corrected chi connectivity index (χ2v) is 9.56. The third-order valence-corrected chi connectivity index (χ3v) is 6.15. The van der Waals surface area contributed by atoms with Crippen molar-refractivity contribution < 1.29 is 23.8 Å². The Labute approximate surface area is 210 Å². The van der Waals surface area contributed by atoms with E-state index >= 15 is 0 Å². The lowest BCUT2D eigenvalue weighted by molar-refractivity contribution is -0.121. The van der Waals surface area contributed by atoms with Gasteiger partial charge >= 0.3 is 0 Å². The molecule has 0 spiro atoms. The lowest BCUT2D eigenvalue weighted by Crippen LogP contribution is -2.54. The minimum Gasteiger partial charge on any atom is -0.493 e. The van der Waals surface area contributed by atoms with Gasteiger partial charge < -0.3 is 34.6 Å². The highest BCUT2D eigenvalue weighted by molar-refractivity contribution is 5.95. The molecule has 35 heavy (non-hydrogen) atoms. The van der Waals surface area contributed by atoms with Gasteiger partial charge in [0.25, 0.3) is 5.91 Å². The van der Waals surface area contributed by atoms with Crippen LogP contribution in [0.15, 0.2) is 18.2 Å². The van der Waals surface area contributed by atoms with Crippen molar-refractivity contribution in [2.45, 2.75) is 57.7 Å². The number of amides is 2. The Balaban J connectivity index is 1.99. The molecular formula is C26H44N4O5. The van der Waals surface area contributed by atoms with Gasteiger partial charge in [0.1, 0.15) is 0 Å². The molecule has 2 N–H and O–H groups in total. The van der Waals surface area contributed by atoms with Crippen LogP contribution in [-0.4, -0.2) is 101 Å². The van der Waals surface area contributed by atoms with Gasteiger partial charge in [-0.1, -0.05) is 0 Å². The number of hydrogen-bond acceptors (Lipinski definition) is 7. The third-order valence-electron chi connectivity index (χ3n) is 6.15. The maximum absolute atomic E-state index is 13.6. The topological polar surface area (TPSA) is 92.4 Å². The number of carbonyl (C=O) groups is 2. The van der Waals surface area contributed by atoms with Crippen molar-refractivity contribution in [1.82, 2.24) is 20.4 Å². The lowest BCUT2D eigenvalue weighted by atomic mass is 9.95. The average Bonchev–Trinajstić information content (AvgIpc) is 2.82. The smallest absolute Gasteiger partial charge is 0.254 e. The molecule has 9 heteroatoms. The zero-order valence-electron chi connectivity index (χ0n) is 22.3. The first-order chi connectivity index (χ1) is 16.8. The summed E-state index contributed by atoms with van der Waals surface area (Å²) in [5.74, 6) is 1.19. The second-order valence-electron chi connectivity index (χ2n) is 9.56. The van der Waals surface area contributed by atoms with Gasteiger partial charge in [-0.2, -0.15) is 0 Å². The molecule has 0 radical (unpaired) electrons. The van der Waals surface area contributed by atoms with Crippen molar-refractivity contribution in [2.75, 3.05) is 61.2 Å². The van der Waals surface area contributed by atoms with Crippen molar-refractivity contribution in [1.29, 1.82) is 0 Å². The Bertz CT molecular complexity index is 794. The Morgan fingerprint density at radius 1 is 1.14 bits per heavy atom. The summed E-state index contributed by atoms with van der Waals surface area (Å²) < 4.78 is 16.4. The van der Waals surface area contributed by atoms with Crippen molar-refractivity contribution in [3.8, 4) is 11.5 Å². The number of nitrogens with zero attached hydrogens (tertiary/aromatic N) is 2. The van der Waals surface area contributed by atoms with Crippen LogP contribution in [0, 0.1) is 0 Å². The van der Waals surface area contributed by atoms with E-state index in [1.165, 1.54) is 0 Å². The highest BCUT2D eigenvalue weighted by Crippen LogP contribution is 2.30. The van der Waals surface area contributed by atoms with Gasteiger partial charge in [-0.05, 0) is 59.0 Å². The number of rotatable bonds is 14. The van der Waals surface area contributed by atoms with Crippen molar-refractivity contribution >= 4 is 11.8 Å². The van der Waals surface area contributed by atoms with Crippen molar-refractivity contribution in [3.05, 3.63) is 23.8 Å². The summed E-state index contributed by atoms with van der Waals surface area (Å²) in [5.41, 5.74) is 0.573. The normalized spacial score (nSPS) is 17.9. The van der Waals surface area contributed by atoms with E-state index in [2.05, 4.69) is 10.6 Å². The van der Waals surface area contributed by atoms with Gasteiger partial charge in [-0.3, -0.25) is 9.59 Å². The molecule has 1 aromatic rings. The van der Waals surface area contributed by atoms with E-state index in [-0.39, 0.29) is 29.9 Å². The SMILES string of the molecule is COCCCOc1cc(C(=O)N(C(C)C)C2CC[C@@H](CC(=O)NCCN(C)C)NC2)ccc1OC. The molecule has 0 aromatic heterocycles. The van der Waals surface area contributed by atoms with Crippen LogP contribution >= 0.6 is 0 Å². The summed E-state index contributed by atoms with van der Waals surface area (Å²) in [6.45, 7) is 7.29. The van der Waals surface area contributed by atoms with Gasteiger partial charge in [0.05, 0.1) is 13.7 Å². The van der Waals surface area contributed by atoms with Crippen LogP contribution < -0.4 is 20.1 Å². The molecule has 1 fully saturated rings. The molecule has 1 heterocycles. The highest BCUT2D eigenvalue weighted by atomic mass is 16.5. The van der Waals surface area contributed by atoms with E-state index in [4.69, 9.17) is 14.2 Å². The molecule has 9 nitrogen and oxygen atoms in total. The van der Waals surface area contributed by atoms with E-state index in [0.717, 1.165) is 25.8 Å². The van der Waals surface area contributed by atoms with Gasteiger partial charge in [0.15, 0.2) is 11.5 Å². The first-order valence-electron chi connectivity index (χ1n) is 12.5. The number of hydrogen-bond donors (Lipinski definition) is 2. The molecule has 198 valence electrons. The summed E-state index contributed by atoms with van der Waals surface area (Å²) in [5, 5.41) is 6.46. The monoisotopic (exact) mass is 492 g/mol. The molecule has 2 rings (SSSR count). The predicted molar refractivity (Wildman–Crippen MR) is 137 cm³/mol. The molecule has 1 unspecified atom stereocenters. The van der Waals surface area contributed by atoms with Crippen molar-refractivity contribution in [2.24, 2.45) is 0 Å². The fourth-order valence-electron chi connectivity index (χ4n) is 4.31. The van der Waals surface area contributed by atoms with Gasteiger partial charge in [-0.25, -0.2) is 0 Å². The number of ether oxygens (including phenoxy) is 3. The summed E-state index contributed by atoms with van der Waals surface area (Å²) in [6, 6.07) is 5.55. The Hall–Kier alpha value is -2.36. The number of likely N-dealkylation sites (N-methyl/N-ethyl adjacent to an activating group) is 1. The minimum atomic E-state index is -0.0314. The molecule has 0 bridgehead atoms. The second kappa shape index (κ2) is 14.9. The van der Waals surface area contributed by atoms with Crippen LogP contribution in [0.4, 0.5) is 0 Å². The maximum atomic E-state index is 13.6. The Kier molecular flexibility index (Phi) is 12.3. The summed E-state index contributed by atoms with van der Waals surface area (Å²) >= 11 is 0. The molecule has 2 atom stereocenters. The Morgan fingerprint density at radius 2 is 1.91 bits per heavy atom. The predicted octanol–water partition coefficient (Wildman–Crippen LogP) is 2.15. The zero-order valence-corrected chi connectivity index (χ0v) is 22.3. The van der Waals surface area contributed by atoms with E-state index < -0.39 is 0 Å². The van der Waals surface area contributed by atoms with E-state index in [1.807, 2.05) is 37.7 Å². The lowest BCUT2D eigenvalue weighted by Gasteiger charge is -2.40. The van der Waals surface area contributed by atoms with Crippen molar-refractivity contribution in [3.63, 3.8) is 0 Å². The maximum Gasteiger partial charge on any atom is 0.254 e. The largest absolute Gasteiger partial charge is 0.493 e. The molecule has 1 saturated heterocycles. The summed E-state index contributed by atoms with van der Waals surface area (Å²) in [7, 11) is 7.22. The summed E-state index contributed by atoms with van der Waals surface area (Å²) in [6.07, 6.45) is 2.90. The molecular weight excluding hydrogens is 448 g/mol. The molecule has 0 saturated carbocycles. The van der Waals surface area contributed by atoms with Crippen LogP contribution in [0.3, 0.4) is 0 Å². The average molecular weight is 493 g/mol. The van der Waals surface area contributed by atoms with Gasteiger partial charge in [0.2, 0.25) is 5.91 Å². The quantitative estimate of drug-likeness (QED) is 0.385. The van der Waals surface area contributed by atoms with Crippen LogP contribution in [0.2, 0.25) is 0 Å². The van der Waals surface area contributed by atoms with Crippen LogP contribution in [0.25, 0.3) is 0 Å². The molecule has 2 amide bonds. The van der Waals surface area contributed by atoms with Crippen LogP contribution in [-0.2, 0) is 9.53 Å². The van der Waals surface area contributed by atoms with Gasteiger partial charge in [-0.15, -0.1) is 0 Å². The third kappa shape index (κ3) is 9.31. The first kappa shape index (κ1) is 28.9. The van der Waals surface area contributed by atoms with Gasteiger partial charge in [0, 0.05) is 69.9 Å². The number of piperidine rings is 1. The highest BCUT2D eigenvalue weighted by Gasteiger charge is 2.32. The molecule has 1 aromatic carbocycles. The number of benzene rings is 1. The molecule has 0 aliphatic carbocycles. The zero-order chi connectivity index (χ0) is 25.8. The number of carbonyl (C=O) groups excluding carboxylic acids is 2. The van der Waals surface area contributed by atoms with E-state index in [1.54, 1.807) is 32.4 Å². The van der Waals surface area contributed by atoms with Crippen LogP contribution in [0.1, 0.15) is 49.9 Å². The summed E-state index contributed by atoms with van der Waals surface area (Å²) in [4.78, 5) is 29.8. The van der Waals surface area contributed by atoms with Crippen LogP contribution in [0.5, 0.6) is 11.5 Å². The molecule has 1 aliphatic heterocycles. The molecule has 1 aliphatic rings. The number of methoxy groups -OCH3 is 2. The minimum absolute atomic E-state index is 0.0314. The van der Waals surface area contributed by atoms with E-state index in [0.29, 0.717) is 49.8 Å².